The normalized spacial score (nSPS) is 10.3. The van der Waals surface area contributed by atoms with Crippen LogP contribution in [-0.2, 0) is 0 Å². The number of aromatic nitrogens is 2. The summed E-state index contributed by atoms with van der Waals surface area (Å²) in [6.07, 6.45) is 1.38. The second-order valence-corrected chi connectivity index (χ2v) is 4.56. The number of aryl methyl sites for hydroxylation is 1. The highest BCUT2D eigenvalue weighted by Crippen LogP contribution is 2.24. The van der Waals surface area contributed by atoms with Crippen LogP contribution in [-0.4, -0.2) is 9.97 Å². The fraction of sp³-hybridized carbons (Fsp3) is 0.167. The molecule has 0 aliphatic heterocycles. The standard InChI is InChI=1S/C12H12BrN3O/c1-7-4-3-5-9(8(7)2)16-11-10(13)12(17)15-6-14-11/h3-6H,1-2H3,(H2,14,15,16,17). The van der Waals surface area contributed by atoms with E-state index in [2.05, 4.69) is 31.2 Å². The average Bonchev–Trinajstić information content (AvgIpc) is 2.31. The molecule has 0 amide bonds. The van der Waals surface area contributed by atoms with E-state index >= 15 is 0 Å². The highest BCUT2D eigenvalue weighted by Gasteiger charge is 2.07. The van der Waals surface area contributed by atoms with Crippen molar-refractivity contribution in [2.24, 2.45) is 0 Å². The number of anilines is 2. The SMILES string of the molecule is Cc1cccc(Nc2nc[nH]c(=O)c2Br)c1C. The van der Waals surface area contributed by atoms with Crippen LogP contribution >= 0.6 is 15.9 Å². The predicted molar refractivity (Wildman–Crippen MR) is 71.8 cm³/mol. The van der Waals surface area contributed by atoms with E-state index in [0.717, 1.165) is 11.3 Å². The third-order valence-electron chi connectivity index (χ3n) is 2.65. The summed E-state index contributed by atoms with van der Waals surface area (Å²) < 4.78 is 0.404. The van der Waals surface area contributed by atoms with Gasteiger partial charge in [0.05, 0.1) is 6.33 Å². The van der Waals surface area contributed by atoms with Gasteiger partial charge in [0.1, 0.15) is 4.47 Å². The Labute approximate surface area is 107 Å². The first-order valence-corrected chi connectivity index (χ1v) is 5.95. The summed E-state index contributed by atoms with van der Waals surface area (Å²) in [6.45, 7) is 4.07. The van der Waals surface area contributed by atoms with Crippen LogP contribution in [0.5, 0.6) is 0 Å². The number of aromatic amines is 1. The number of H-pyrrole nitrogens is 1. The maximum Gasteiger partial charge on any atom is 0.267 e. The predicted octanol–water partition coefficient (Wildman–Crippen LogP) is 2.89. The van der Waals surface area contributed by atoms with E-state index in [1.54, 1.807) is 0 Å². The third-order valence-corrected chi connectivity index (χ3v) is 3.39. The van der Waals surface area contributed by atoms with Gasteiger partial charge < -0.3 is 10.3 Å². The molecule has 0 unspecified atom stereocenters. The van der Waals surface area contributed by atoms with Crippen molar-refractivity contribution in [3.63, 3.8) is 0 Å². The van der Waals surface area contributed by atoms with E-state index in [9.17, 15) is 4.79 Å². The molecular formula is C12H12BrN3O. The van der Waals surface area contributed by atoms with Crippen LogP contribution in [0.4, 0.5) is 11.5 Å². The third kappa shape index (κ3) is 2.39. The maximum atomic E-state index is 11.4. The quantitative estimate of drug-likeness (QED) is 0.895. The number of hydrogen-bond donors (Lipinski definition) is 2. The number of halogens is 1. The van der Waals surface area contributed by atoms with E-state index in [1.165, 1.54) is 11.9 Å². The summed E-state index contributed by atoms with van der Waals surface area (Å²) in [5.41, 5.74) is 3.08. The number of benzene rings is 1. The first-order chi connectivity index (χ1) is 8.09. The topological polar surface area (TPSA) is 57.8 Å². The molecule has 4 nitrogen and oxygen atoms in total. The van der Waals surface area contributed by atoms with Gasteiger partial charge in [0, 0.05) is 5.69 Å². The average molecular weight is 294 g/mol. The van der Waals surface area contributed by atoms with Crippen LogP contribution < -0.4 is 10.9 Å². The molecule has 0 saturated carbocycles. The molecule has 88 valence electrons. The van der Waals surface area contributed by atoms with Gasteiger partial charge in [0.2, 0.25) is 0 Å². The van der Waals surface area contributed by atoms with Crippen LogP contribution in [0, 0.1) is 13.8 Å². The molecule has 0 aliphatic carbocycles. The Bertz CT molecular complexity index is 607. The first kappa shape index (κ1) is 11.9. The van der Waals surface area contributed by atoms with E-state index in [0.29, 0.717) is 10.3 Å². The van der Waals surface area contributed by atoms with Crippen molar-refractivity contribution in [1.82, 2.24) is 9.97 Å². The van der Waals surface area contributed by atoms with Crippen molar-refractivity contribution in [2.45, 2.75) is 13.8 Å². The molecular weight excluding hydrogens is 282 g/mol. The molecule has 0 atom stereocenters. The lowest BCUT2D eigenvalue weighted by Crippen LogP contribution is -2.10. The maximum absolute atomic E-state index is 11.4. The summed E-state index contributed by atoms with van der Waals surface area (Å²) in [6, 6.07) is 5.96. The second-order valence-electron chi connectivity index (χ2n) is 3.77. The van der Waals surface area contributed by atoms with Gasteiger partial charge in [0.15, 0.2) is 5.82 Å². The van der Waals surface area contributed by atoms with E-state index in [4.69, 9.17) is 0 Å². The minimum Gasteiger partial charge on any atom is -0.339 e. The van der Waals surface area contributed by atoms with E-state index in [1.807, 2.05) is 32.0 Å². The molecule has 0 spiro atoms. The van der Waals surface area contributed by atoms with Gasteiger partial charge in [-0.1, -0.05) is 12.1 Å². The molecule has 2 rings (SSSR count). The van der Waals surface area contributed by atoms with Crippen molar-refractivity contribution in [3.05, 3.63) is 50.5 Å². The van der Waals surface area contributed by atoms with Crippen LogP contribution in [0.25, 0.3) is 0 Å². The Morgan fingerprint density at radius 2 is 2.12 bits per heavy atom. The number of rotatable bonds is 2. The smallest absolute Gasteiger partial charge is 0.267 e. The Morgan fingerprint density at radius 1 is 1.35 bits per heavy atom. The Kier molecular flexibility index (Phi) is 3.28. The molecule has 0 fully saturated rings. The molecule has 0 bridgehead atoms. The van der Waals surface area contributed by atoms with Crippen molar-refractivity contribution in [1.29, 1.82) is 0 Å². The zero-order valence-corrected chi connectivity index (χ0v) is 11.1. The largest absolute Gasteiger partial charge is 0.339 e. The Hall–Kier alpha value is -1.62. The van der Waals surface area contributed by atoms with Gasteiger partial charge in [-0.25, -0.2) is 4.98 Å². The summed E-state index contributed by atoms with van der Waals surface area (Å²) in [4.78, 5) is 18.0. The van der Waals surface area contributed by atoms with Crippen LogP contribution in [0.3, 0.4) is 0 Å². The zero-order valence-electron chi connectivity index (χ0n) is 9.54. The summed E-state index contributed by atoms with van der Waals surface area (Å²) in [5, 5.41) is 3.14. The summed E-state index contributed by atoms with van der Waals surface area (Å²) in [7, 11) is 0. The van der Waals surface area contributed by atoms with Gasteiger partial charge in [-0.05, 0) is 47.0 Å². The molecule has 0 aliphatic rings. The lowest BCUT2D eigenvalue weighted by atomic mass is 10.1. The van der Waals surface area contributed by atoms with E-state index < -0.39 is 0 Å². The van der Waals surface area contributed by atoms with Gasteiger partial charge in [-0.15, -0.1) is 0 Å². The number of nitrogens with one attached hydrogen (secondary N) is 2. The highest BCUT2D eigenvalue weighted by atomic mass is 79.9. The van der Waals surface area contributed by atoms with Gasteiger partial charge in [0.25, 0.3) is 5.56 Å². The van der Waals surface area contributed by atoms with Crippen molar-refractivity contribution in [2.75, 3.05) is 5.32 Å². The van der Waals surface area contributed by atoms with Crippen molar-refractivity contribution in [3.8, 4) is 0 Å². The lowest BCUT2D eigenvalue weighted by Gasteiger charge is -2.11. The first-order valence-electron chi connectivity index (χ1n) is 5.16. The van der Waals surface area contributed by atoms with E-state index in [-0.39, 0.29) is 5.56 Å². The molecule has 1 aromatic carbocycles. The van der Waals surface area contributed by atoms with Gasteiger partial charge in [-0.2, -0.15) is 0 Å². The Balaban J connectivity index is 2.42. The molecule has 0 radical (unpaired) electrons. The van der Waals surface area contributed by atoms with Gasteiger partial charge >= 0.3 is 0 Å². The molecule has 0 saturated heterocycles. The number of nitrogens with zero attached hydrogens (tertiary/aromatic N) is 1. The van der Waals surface area contributed by atoms with Crippen LogP contribution in [0.15, 0.2) is 33.8 Å². The van der Waals surface area contributed by atoms with Crippen molar-refractivity contribution >= 4 is 27.4 Å². The molecule has 1 aromatic heterocycles. The van der Waals surface area contributed by atoms with Crippen molar-refractivity contribution < 1.29 is 0 Å². The fourth-order valence-corrected chi connectivity index (χ4v) is 1.80. The summed E-state index contributed by atoms with van der Waals surface area (Å²) in [5.74, 6) is 0.516. The fourth-order valence-electron chi connectivity index (χ4n) is 1.48. The van der Waals surface area contributed by atoms with Gasteiger partial charge in [-0.3, -0.25) is 4.79 Å². The van der Waals surface area contributed by atoms with Crippen LogP contribution in [0.1, 0.15) is 11.1 Å². The molecule has 2 aromatic rings. The summed E-state index contributed by atoms with van der Waals surface area (Å²) >= 11 is 3.21. The highest BCUT2D eigenvalue weighted by molar-refractivity contribution is 9.10. The lowest BCUT2D eigenvalue weighted by molar-refractivity contribution is 1.10. The minimum absolute atomic E-state index is 0.201. The molecule has 2 N–H and O–H groups in total. The van der Waals surface area contributed by atoms with Crippen LogP contribution in [0.2, 0.25) is 0 Å². The zero-order chi connectivity index (χ0) is 12.4. The Morgan fingerprint density at radius 3 is 2.88 bits per heavy atom. The molecule has 17 heavy (non-hydrogen) atoms. The molecule has 5 heteroatoms. The monoisotopic (exact) mass is 293 g/mol. The molecule has 1 heterocycles. The second kappa shape index (κ2) is 4.71. The minimum atomic E-state index is -0.201. The number of hydrogen-bond acceptors (Lipinski definition) is 3.